The van der Waals surface area contributed by atoms with Gasteiger partial charge in [-0.1, -0.05) is 53.5 Å². The molecule has 24 heavy (non-hydrogen) atoms. The fourth-order valence-electron chi connectivity index (χ4n) is 2.50. The lowest BCUT2D eigenvalue weighted by atomic mass is 10.0. The van der Waals surface area contributed by atoms with Crippen molar-refractivity contribution in [3.8, 4) is 16.9 Å². The highest BCUT2D eigenvalue weighted by Gasteiger charge is 2.12. The van der Waals surface area contributed by atoms with Crippen molar-refractivity contribution in [3.05, 3.63) is 52.0 Å². The third kappa shape index (κ3) is 5.49. The van der Waals surface area contributed by atoms with E-state index in [9.17, 15) is 5.11 Å². The van der Waals surface area contributed by atoms with Gasteiger partial charge < -0.3 is 14.7 Å². The molecule has 0 amide bonds. The minimum atomic E-state index is -0.522. The molecule has 1 atom stereocenters. The molecule has 0 spiro atoms. The predicted octanol–water partition coefficient (Wildman–Crippen LogP) is 4.85. The van der Waals surface area contributed by atoms with E-state index < -0.39 is 6.10 Å². The lowest BCUT2D eigenvalue weighted by Gasteiger charge is -2.22. The average molecular weight is 413 g/mol. The lowest BCUT2D eigenvalue weighted by Crippen LogP contribution is -2.35. The maximum atomic E-state index is 10.2. The highest BCUT2D eigenvalue weighted by Crippen LogP contribution is 2.33. The van der Waals surface area contributed by atoms with Crippen LogP contribution in [0.4, 0.5) is 0 Å². The number of aliphatic hydroxyl groups is 1. The summed E-state index contributed by atoms with van der Waals surface area (Å²) in [4.78, 5) is 2.18. The molecule has 0 aliphatic carbocycles. The molecule has 2 rings (SSSR count). The molecular weight excluding hydrogens is 390 g/mol. The second-order valence-corrected chi connectivity index (χ2v) is 6.95. The molecule has 0 heterocycles. The van der Waals surface area contributed by atoms with Gasteiger partial charge in [0.1, 0.15) is 18.5 Å². The van der Waals surface area contributed by atoms with E-state index in [0.717, 1.165) is 34.4 Å². The van der Waals surface area contributed by atoms with E-state index in [4.69, 9.17) is 16.3 Å². The Hall–Kier alpha value is -1.07. The third-order valence-electron chi connectivity index (χ3n) is 3.89. The Morgan fingerprint density at radius 1 is 1.12 bits per heavy atom. The van der Waals surface area contributed by atoms with Crippen LogP contribution in [0.1, 0.15) is 13.8 Å². The topological polar surface area (TPSA) is 32.7 Å². The molecule has 3 nitrogen and oxygen atoms in total. The molecule has 0 saturated heterocycles. The summed E-state index contributed by atoms with van der Waals surface area (Å²) >= 11 is 9.47. The first-order valence-corrected chi connectivity index (χ1v) is 9.29. The van der Waals surface area contributed by atoms with Gasteiger partial charge in [0.25, 0.3) is 0 Å². The average Bonchev–Trinajstić information content (AvgIpc) is 2.59. The molecule has 2 aromatic rings. The number of rotatable bonds is 8. The van der Waals surface area contributed by atoms with Gasteiger partial charge in [-0.25, -0.2) is 0 Å². The maximum Gasteiger partial charge on any atom is 0.127 e. The van der Waals surface area contributed by atoms with Crippen LogP contribution in [0.3, 0.4) is 0 Å². The Kier molecular flexibility index (Phi) is 7.56. The van der Waals surface area contributed by atoms with Gasteiger partial charge in [-0.05, 0) is 49.0 Å². The van der Waals surface area contributed by atoms with E-state index in [1.165, 1.54) is 0 Å². The van der Waals surface area contributed by atoms with Crippen LogP contribution in [0.25, 0.3) is 11.1 Å². The van der Waals surface area contributed by atoms with Gasteiger partial charge in [0.2, 0.25) is 0 Å². The summed E-state index contributed by atoms with van der Waals surface area (Å²) in [7, 11) is 0. The zero-order valence-corrected chi connectivity index (χ0v) is 16.3. The summed E-state index contributed by atoms with van der Waals surface area (Å²) in [5.41, 5.74) is 1.99. The summed E-state index contributed by atoms with van der Waals surface area (Å²) in [6.45, 7) is 6.89. The number of likely N-dealkylation sites (N-methyl/N-ethyl adjacent to an activating group) is 1. The summed E-state index contributed by atoms with van der Waals surface area (Å²) < 4.78 is 6.87. The highest BCUT2D eigenvalue weighted by atomic mass is 79.9. The molecule has 130 valence electrons. The minimum Gasteiger partial charge on any atom is -0.490 e. The number of hydrogen-bond donors (Lipinski definition) is 1. The largest absolute Gasteiger partial charge is 0.490 e. The smallest absolute Gasteiger partial charge is 0.127 e. The standard InChI is InChI=1S/C19H23BrClNO2/c1-3-22(4-2)12-17(23)13-24-19-10-7-15(20)11-18(19)14-5-8-16(21)9-6-14/h5-11,17,23H,3-4,12-13H2,1-2H3. The Morgan fingerprint density at radius 2 is 1.79 bits per heavy atom. The normalized spacial score (nSPS) is 12.4. The number of halogens is 2. The summed E-state index contributed by atoms with van der Waals surface area (Å²) in [5.74, 6) is 0.749. The summed E-state index contributed by atoms with van der Waals surface area (Å²) in [6.07, 6.45) is -0.522. The number of aliphatic hydroxyl groups excluding tert-OH is 1. The van der Waals surface area contributed by atoms with Crippen LogP contribution < -0.4 is 4.74 Å². The Balaban J connectivity index is 2.11. The first-order valence-electron chi connectivity index (χ1n) is 8.12. The van der Waals surface area contributed by atoms with Gasteiger partial charge in [0.05, 0.1) is 0 Å². The Bertz CT molecular complexity index is 644. The van der Waals surface area contributed by atoms with Crippen LogP contribution in [0.5, 0.6) is 5.75 Å². The highest BCUT2D eigenvalue weighted by molar-refractivity contribution is 9.10. The van der Waals surface area contributed by atoms with Crippen molar-refractivity contribution in [3.63, 3.8) is 0 Å². The zero-order valence-electron chi connectivity index (χ0n) is 14.0. The van der Waals surface area contributed by atoms with E-state index in [0.29, 0.717) is 11.6 Å². The second-order valence-electron chi connectivity index (χ2n) is 5.60. The van der Waals surface area contributed by atoms with Gasteiger partial charge >= 0.3 is 0 Å². The molecule has 0 aliphatic rings. The minimum absolute atomic E-state index is 0.263. The van der Waals surface area contributed by atoms with E-state index in [-0.39, 0.29) is 6.61 Å². The monoisotopic (exact) mass is 411 g/mol. The van der Waals surface area contributed by atoms with E-state index in [2.05, 4.69) is 34.7 Å². The first-order chi connectivity index (χ1) is 11.5. The Labute approximate surface area is 157 Å². The molecule has 0 aromatic heterocycles. The van der Waals surface area contributed by atoms with Crippen LogP contribution >= 0.6 is 27.5 Å². The van der Waals surface area contributed by atoms with Crippen LogP contribution in [-0.4, -0.2) is 42.4 Å². The summed E-state index contributed by atoms with van der Waals surface area (Å²) in [5, 5.41) is 10.9. The number of benzene rings is 2. The van der Waals surface area contributed by atoms with Gasteiger partial charge in [0, 0.05) is 21.6 Å². The molecular formula is C19H23BrClNO2. The van der Waals surface area contributed by atoms with Crippen molar-refractivity contribution in [2.24, 2.45) is 0 Å². The van der Waals surface area contributed by atoms with Crippen LogP contribution in [-0.2, 0) is 0 Å². The van der Waals surface area contributed by atoms with Crippen molar-refractivity contribution in [2.75, 3.05) is 26.2 Å². The predicted molar refractivity (Wildman–Crippen MR) is 104 cm³/mol. The Morgan fingerprint density at radius 3 is 2.42 bits per heavy atom. The van der Waals surface area contributed by atoms with Crippen LogP contribution in [0.2, 0.25) is 5.02 Å². The van der Waals surface area contributed by atoms with E-state index >= 15 is 0 Å². The van der Waals surface area contributed by atoms with Crippen LogP contribution in [0.15, 0.2) is 46.9 Å². The lowest BCUT2D eigenvalue weighted by molar-refractivity contribution is 0.0718. The summed E-state index contributed by atoms with van der Waals surface area (Å²) in [6, 6.07) is 13.5. The number of ether oxygens (including phenoxy) is 1. The number of nitrogens with zero attached hydrogens (tertiary/aromatic N) is 1. The van der Waals surface area contributed by atoms with Gasteiger partial charge in [-0.3, -0.25) is 0 Å². The van der Waals surface area contributed by atoms with Crippen molar-refractivity contribution < 1.29 is 9.84 Å². The first kappa shape index (κ1) is 19.3. The maximum absolute atomic E-state index is 10.2. The molecule has 2 aromatic carbocycles. The fraction of sp³-hybridized carbons (Fsp3) is 0.368. The SMILES string of the molecule is CCN(CC)CC(O)COc1ccc(Br)cc1-c1ccc(Cl)cc1. The van der Waals surface area contributed by atoms with Gasteiger partial charge in [-0.2, -0.15) is 0 Å². The molecule has 1 N–H and O–H groups in total. The van der Waals surface area contributed by atoms with Gasteiger partial charge in [0.15, 0.2) is 0 Å². The van der Waals surface area contributed by atoms with E-state index in [1.54, 1.807) is 0 Å². The van der Waals surface area contributed by atoms with Crippen molar-refractivity contribution >= 4 is 27.5 Å². The molecule has 1 unspecified atom stereocenters. The zero-order chi connectivity index (χ0) is 17.5. The van der Waals surface area contributed by atoms with Gasteiger partial charge in [-0.15, -0.1) is 0 Å². The third-order valence-corrected chi connectivity index (χ3v) is 4.64. The second kappa shape index (κ2) is 9.42. The molecule has 5 heteroatoms. The van der Waals surface area contributed by atoms with Crippen molar-refractivity contribution in [1.29, 1.82) is 0 Å². The van der Waals surface area contributed by atoms with Crippen LogP contribution in [0, 0.1) is 0 Å². The molecule has 0 saturated carbocycles. The molecule has 0 aliphatic heterocycles. The molecule has 0 radical (unpaired) electrons. The van der Waals surface area contributed by atoms with E-state index in [1.807, 2.05) is 42.5 Å². The van der Waals surface area contributed by atoms with Crippen molar-refractivity contribution in [1.82, 2.24) is 4.90 Å². The molecule has 0 bridgehead atoms. The number of hydrogen-bond acceptors (Lipinski definition) is 3. The van der Waals surface area contributed by atoms with Crippen molar-refractivity contribution in [2.45, 2.75) is 20.0 Å². The quantitative estimate of drug-likeness (QED) is 0.672. The fourth-order valence-corrected chi connectivity index (χ4v) is 2.99. The molecule has 0 fully saturated rings.